The molecule has 1 N–H and O–H groups in total. The fraction of sp³-hybridized carbons (Fsp3) is 0.533. The molecule has 0 saturated carbocycles. The molecular formula is C15H20O2. The lowest BCUT2D eigenvalue weighted by Crippen LogP contribution is -2.02. The molecule has 0 spiro atoms. The zero-order valence-corrected chi connectivity index (χ0v) is 10.2. The van der Waals surface area contributed by atoms with Gasteiger partial charge in [-0.15, -0.1) is 0 Å². The Balaban J connectivity index is 2.18. The molecule has 1 aliphatic carbocycles. The summed E-state index contributed by atoms with van der Waals surface area (Å²) in [6.45, 7) is 0. The van der Waals surface area contributed by atoms with Crippen LogP contribution in [-0.2, 0) is 24.1 Å². The first-order valence-corrected chi connectivity index (χ1v) is 6.58. The molecule has 0 amide bonds. The van der Waals surface area contributed by atoms with Crippen LogP contribution in [0.5, 0.6) is 0 Å². The number of carbonyl (C=O) groups is 1. The molecule has 0 bridgehead atoms. The number of carboxylic acids is 1. The zero-order valence-electron chi connectivity index (χ0n) is 10.2. The first-order valence-electron chi connectivity index (χ1n) is 6.58. The molecular weight excluding hydrogens is 212 g/mol. The summed E-state index contributed by atoms with van der Waals surface area (Å²) in [7, 11) is 0. The number of benzene rings is 1. The van der Waals surface area contributed by atoms with E-state index in [0.29, 0.717) is 0 Å². The molecule has 2 nitrogen and oxygen atoms in total. The molecule has 0 radical (unpaired) electrons. The van der Waals surface area contributed by atoms with E-state index in [1.807, 2.05) is 6.07 Å². The second-order valence-corrected chi connectivity index (χ2v) is 4.94. The number of rotatable bonds is 2. The molecule has 1 aliphatic rings. The van der Waals surface area contributed by atoms with E-state index in [4.69, 9.17) is 5.11 Å². The van der Waals surface area contributed by atoms with E-state index in [9.17, 15) is 4.79 Å². The standard InChI is InChI=1S/C15H20O2/c16-15(17)11-12-8-9-13-6-4-2-1-3-5-7-14(13)10-12/h8-10H,1-7,11H2,(H,16,17). The van der Waals surface area contributed by atoms with Gasteiger partial charge in [0.2, 0.25) is 0 Å². The molecule has 0 heterocycles. The summed E-state index contributed by atoms with van der Waals surface area (Å²) in [6.07, 6.45) is 8.91. The van der Waals surface area contributed by atoms with Crippen LogP contribution in [0.25, 0.3) is 0 Å². The van der Waals surface area contributed by atoms with Gasteiger partial charge in [-0.3, -0.25) is 4.79 Å². The van der Waals surface area contributed by atoms with Gasteiger partial charge in [0.15, 0.2) is 0 Å². The van der Waals surface area contributed by atoms with Crippen LogP contribution >= 0.6 is 0 Å². The monoisotopic (exact) mass is 232 g/mol. The molecule has 0 aliphatic heterocycles. The summed E-state index contributed by atoms with van der Waals surface area (Å²) in [6, 6.07) is 6.22. The Hall–Kier alpha value is -1.31. The summed E-state index contributed by atoms with van der Waals surface area (Å²) in [5.74, 6) is -0.743. The van der Waals surface area contributed by atoms with Crippen molar-refractivity contribution >= 4 is 5.97 Å². The van der Waals surface area contributed by atoms with Crippen molar-refractivity contribution in [3.8, 4) is 0 Å². The molecule has 0 atom stereocenters. The van der Waals surface area contributed by atoms with Gasteiger partial charge in [-0.05, 0) is 42.4 Å². The fourth-order valence-electron chi connectivity index (χ4n) is 2.60. The van der Waals surface area contributed by atoms with Crippen LogP contribution in [0.3, 0.4) is 0 Å². The van der Waals surface area contributed by atoms with Gasteiger partial charge >= 0.3 is 5.97 Å². The lowest BCUT2D eigenvalue weighted by molar-refractivity contribution is -0.136. The van der Waals surface area contributed by atoms with Crippen LogP contribution in [0, 0.1) is 0 Å². The van der Waals surface area contributed by atoms with Crippen molar-refractivity contribution in [3.63, 3.8) is 0 Å². The molecule has 17 heavy (non-hydrogen) atoms. The summed E-state index contributed by atoms with van der Waals surface area (Å²) < 4.78 is 0. The molecule has 1 aromatic carbocycles. The Morgan fingerprint density at radius 3 is 2.35 bits per heavy atom. The lowest BCUT2D eigenvalue weighted by atomic mass is 9.96. The van der Waals surface area contributed by atoms with E-state index in [2.05, 4.69) is 12.1 Å². The summed E-state index contributed by atoms with van der Waals surface area (Å²) in [4.78, 5) is 10.7. The Morgan fingerprint density at radius 1 is 1.00 bits per heavy atom. The summed E-state index contributed by atoms with van der Waals surface area (Å²) >= 11 is 0. The van der Waals surface area contributed by atoms with Gasteiger partial charge in [0, 0.05) is 0 Å². The third kappa shape index (κ3) is 3.58. The fourth-order valence-corrected chi connectivity index (χ4v) is 2.60. The topological polar surface area (TPSA) is 37.3 Å². The van der Waals surface area contributed by atoms with Gasteiger partial charge in [-0.1, -0.05) is 37.5 Å². The molecule has 0 saturated heterocycles. The van der Waals surface area contributed by atoms with Crippen LogP contribution in [0.2, 0.25) is 0 Å². The van der Waals surface area contributed by atoms with Gasteiger partial charge in [-0.2, -0.15) is 0 Å². The van der Waals surface area contributed by atoms with Crippen molar-refractivity contribution in [1.29, 1.82) is 0 Å². The minimum atomic E-state index is -0.743. The maximum Gasteiger partial charge on any atom is 0.307 e. The van der Waals surface area contributed by atoms with Gasteiger partial charge in [0.25, 0.3) is 0 Å². The highest BCUT2D eigenvalue weighted by Gasteiger charge is 2.08. The first-order chi connectivity index (χ1) is 8.25. The summed E-state index contributed by atoms with van der Waals surface area (Å²) in [5, 5.41) is 8.82. The highest BCUT2D eigenvalue weighted by molar-refractivity contribution is 5.70. The number of aliphatic carboxylic acids is 1. The van der Waals surface area contributed by atoms with E-state index in [-0.39, 0.29) is 6.42 Å². The minimum Gasteiger partial charge on any atom is -0.481 e. The Labute approximate surface area is 103 Å². The third-order valence-electron chi connectivity index (χ3n) is 3.52. The van der Waals surface area contributed by atoms with Gasteiger partial charge < -0.3 is 5.11 Å². The van der Waals surface area contributed by atoms with E-state index in [1.165, 1.54) is 43.2 Å². The Bertz CT molecular complexity index is 396. The van der Waals surface area contributed by atoms with Crippen LogP contribution in [-0.4, -0.2) is 11.1 Å². The van der Waals surface area contributed by atoms with Crippen LogP contribution in [0.1, 0.15) is 48.8 Å². The van der Waals surface area contributed by atoms with Crippen molar-refractivity contribution < 1.29 is 9.90 Å². The smallest absolute Gasteiger partial charge is 0.307 e. The summed E-state index contributed by atoms with van der Waals surface area (Å²) in [5.41, 5.74) is 3.75. The average molecular weight is 232 g/mol. The predicted molar refractivity (Wildman–Crippen MR) is 68.3 cm³/mol. The third-order valence-corrected chi connectivity index (χ3v) is 3.52. The predicted octanol–water partition coefficient (Wildman–Crippen LogP) is 3.36. The van der Waals surface area contributed by atoms with Crippen molar-refractivity contribution in [3.05, 3.63) is 34.9 Å². The molecule has 92 valence electrons. The molecule has 0 fully saturated rings. The molecule has 0 aromatic heterocycles. The minimum absolute atomic E-state index is 0.146. The van der Waals surface area contributed by atoms with Crippen molar-refractivity contribution in [1.82, 2.24) is 0 Å². The number of aryl methyl sites for hydroxylation is 2. The van der Waals surface area contributed by atoms with Gasteiger partial charge in [0.1, 0.15) is 0 Å². The second kappa shape index (κ2) is 5.85. The maximum absolute atomic E-state index is 10.7. The number of hydrogen-bond acceptors (Lipinski definition) is 1. The number of fused-ring (bicyclic) bond motifs is 1. The molecule has 2 rings (SSSR count). The zero-order chi connectivity index (χ0) is 12.1. The van der Waals surface area contributed by atoms with Crippen molar-refractivity contribution in [2.24, 2.45) is 0 Å². The van der Waals surface area contributed by atoms with Gasteiger partial charge in [-0.25, -0.2) is 0 Å². The van der Waals surface area contributed by atoms with Crippen molar-refractivity contribution in [2.45, 2.75) is 51.4 Å². The van der Waals surface area contributed by atoms with Crippen LogP contribution in [0.4, 0.5) is 0 Å². The van der Waals surface area contributed by atoms with Gasteiger partial charge in [0.05, 0.1) is 6.42 Å². The van der Waals surface area contributed by atoms with E-state index in [0.717, 1.165) is 18.4 Å². The lowest BCUT2D eigenvalue weighted by Gasteiger charge is -2.09. The largest absolute Gasteiger partial charge is 0.481 e. The molecule has 0 unspecified atom stereocenters. The van der Waals surface area contributed by atoms with Crippen molar-refractivity contribution in [2.75, 3.05) is 0 Å². The SMILES string of the molecule is O=C(O)Cc1ccc2c(c1)CCCCCCC2. The first kappa shape index (κ1) is 12.2. The Morgan fingerprint density at radius 2 is 1.65 bits per heavy atom. The van der Waals surface area contributed by atoms with E-state index in [1.54, 1.807) is 0 Å². The normalized spacial score (nSPS) is 16.5. The number of carboxylic acid groups (broad SMARTS) is 1. The van der Waals surface area contributed by atoms with E-state index >= 15 is 0 Å². The quantitative estimate of drug-likeness (QED) is 0.849. The number of hydrogen-bond donors (Lipinski definition) is 1. The highest BCUT2D eigenvalue weighted by Crippen LogP contribution is 2.21. The highest BCUT2D eigenvalue weighted by atomic mass is 16.4. The Kier molecular flexibility index (Phi) is 4.18. The second-order valence-electron chi connectivity index (χ2n) is 4.94. The van der Waals surface area contributed by atoms with E-state index < -0.39 is 5.97 Å². The maximum atomic E-state index is 10.7. The molecule has 2 heteroatoms. The average Bonchev–Trinajstić information content (AvgIpc) is 2.39. The van der Waals surface area contributed by atoms with Crippen LogP contribution in [0.15, 0.2) is 18.2 Å². The molecule has 1 aromatic rings. The van der Waals surface area contributed by atoms with Crippen LogP contribution < -0.4 is 0 Å².